The van der Waals surface area contributed by atoms with Crippen LogP contribution in [0.2, 0.25) is 0 Å². The number of hydrogen-bond acceptors (Lipinski definition) is 7. The van der Waals surface area contributed by atoms with Crippen molar-refractivity contribution >= 4 is 13.5 Å². The van der Waals surface area contributed by atoms with Crippen LogP contribution in [-0.2, 0) is 11.2 Å². The number of hydrogen-bond donors (Lipinski definition) is 1. The van der Waals surface area contributed by atoms with Gasteiger partial charge >= 0.3 is 0 Å². The number of aliphatic hydroxyl groups is 1. The van der Waals surface area contributed by atoms with Gasteiger partial charge in [0.1, 0.15) is 23.7 Å². The van der Waals surface area contributed by atoms with E-state index in [0.29, 0.717) is 48.6 Å². The molecule has 1 saturated carbocycles. The molecule has 2 atom stereocenters. The molecule has 5 rings (SSSR count). The first-order valence-corrected chi connectivity index (χ1v) is 12.4. The maximum atomic E-state index is 9.71. The smallest absolute Gasteiger partial charge is 0.137 e. The average molecular weight is 505 g/mol. The summed E-state index contributed by atoms with van der Waals surface area (Å²) in [6, 6.07) is 13.9. The highest BCUT2D eigenvalue weighted by molar-refractivity contribution is 7.59. The van der Waals surface area contributed by atoms with Gasteiger partial charge in [0.15, 0.2) is 0 Å². The number of aliphatic hydroxyl groups excluding tert-OH is 1. The lowest BCUT2D eigenvalue weighted by Crippen LogP contribution is -2.26. The molecule has 36 heavy (non-hydrogen) atoms. The number of rotatable bonds is 7. The zero-order valence-corrected chi connectivity index (χ0v) is 21.3. The third-order valence-electron chi connectivity index (χ3n) is 7.04. The highest BCUT2D eigenvalue weighted by Crippen LogP contribution is 2.38. The second kappa shape index (κ2) is 12.3. The summed E-state index contributed by atoms with van der Waals surface area (Å²) in [6.07, 6.45) is 9.21. The Bertz CT molecular complexity index is 1210. The van der Waals surface area contributed by atoms with E-state index in [0.717, 1.165) is 54.6 Å². The van der Waals surface area contributed by atoms with Crippen molar-refractivity contribution in [2.24, 2.45) is 5.92 Å². The quantitative estimate of drug-likeness (QED) is 0.504. The second-order valence-electron chi connectivity index (χ2n) is 9.36. The van der Waals surface area contributed by atoms with E-state index in [-0.39, 0.29) is 26.2 Å². The van der Waals surface area contributed by atoms with Gasteiger partial charge in [0.05, 0.1) is 24.5 Å². The zero-order valence-electron chi connectivity index (χ0n) is 20.3. The van der Waals surface area contributed by atoms with Crippen LogP contribution in [-0.4, -0.2) is 46.0 Å². The molecule has 3 heterocycles. The van der Waals surface area contributed by atoms with Crippen molar-refractivity contribution in [2.75, 3.05) is 19.8 Å². The van der Waals surface area contributed by atoms with Gasteiger partial charge in [-0.05, 0) is 60.7 Å². The van der Waals surface area contributed by atoms with E-state index in [2.05, 4.69) is 22.1 Å². The maximum absolute atomic E-state index is 9.71. The number of nitriles is 1. The number of pyridine rings is 1. The monoisotopic (exact) mass is 504 g/mol. The molecule has 1 aromatic carbocycles. The molecular formula is C28H32N4O3S. The predicted molar refractivity (Wildman–Crippen MR) is 141 cm³/mol. The number of aromatic nitrogens is 3. The molecule has 8 heteroatoms. The van der Waals surface area contributed by atoms with Crippen LogP contribution in [0.1, 0.15) is 60.7 Å². The van der Waals surface area contributed by atoms with Crippen molar-refractivity contribution in [3.8, 4) is 23.1 Å². The summed E-state index contributed by atoms with van der Waals surface area (Å²) < 4.78 is 11.5. The number of benzene rings is 1. The fourth-order valence-corrected chi connectivity index (χ4v) is 5.13. The molecule has 1 aliphatic carbocycles. The molecule has 3 aromatic rings. The lowest BCUT2D eigenvalue weighted by molar-refractivity contribution is 0.0254. The minimum Gasteiger partial charge on any atom is -0.489 e. The Kier molecular flexibility index (Phi) is 8.92. The van der Waals surface area contributed by atoms with E-state index < -0.39 is 0 Å². The summed E-state index contributed by atoms with van der Waals surface area (Å²) in [7, 11) is 0. The van der Waals surface area contributed by atoms with Crippen molar-refractivity contribution in [1.29, 1.82) is 5.26 Å². The summed E-state index contributed by atoms with van der Waals surface area (Å²) in [5.74, 6) is 1.93. The number of nitrogens with zero attached hydrogens (tertiary/aromatic N) is 4. The van der Waals surface area contributed by atoms with Crippen LogP contribution in [0.5, 0.6) is 5.75 Å². The molecule has 2 fully saturated rings. The topological polar surface area (TPSA) is 101 Å². The Morgan fingerprint density at radius 1 is 1.03 bits per heavy atom. The van der Waals surface area contributed by atoms with E-state index >= 15 is 0 Å². The normalized spacial score (nSPS) is 19.9. The van der Waals surface area contributed by atoms with Gasteiger partial charge in [-0.3, -0.25) is 4.98 Å². The Labute approximate surface area is 219 Å². The van der Waals surface area contributed by atoms with Crippen LogP contribution in [0.15, 0.2) is 48.8 Å². The summed E-state index contributed by atoms with van der Waals surface area (Å²) in [4.78, 5) is 13.9. The standard InChI is InChI=1S/C28H30N4O3.H2S/c29-17-22-16-20(4-5-27(22)35-23-8-12-34-13-9-23)25-7-11-31-28(32-25)15-19-6-10-30-26(14-19)24-3-1-2-21(24)18-33;/h4-7,10-11,14,16,21,23-24,33H,1-3,8-9,12-13,15,18H2;1H2/t21-,24?;/m0./s1. The van der Waals surface area contributed by atoms with Crippen molar-refractivity contribution in [3.05, 3.63) is 71.4 Å². The molecule has 1 unspecified atom stereocenters. The zero-order chi connectivity index (χ0) is 24.0. The van der Waals surface area contributed by atoms with Gasteiger partial charge in [0, 0.05) is 55.4 Å². The molecule has 1 N–H and O–H groups in total. The lowest BCUT2D eigenvalue weighted by atomic mass is 9.92. The maximum Gasteiger partial charge on any atom is 0.137 e. The van der Waals surface area contributed by atoms with E-state index in [9.17, 15) is 10.4 Å². The SMILES string of the molecule is N#Cc1cc(-c2ccnc(Cc3ccnc(C4CCC[C@H]4CO)c3)n2)ccc1OC1CCOCC1.S. The lowest BCUT2D eigenvalue weighted by Gasteiger charge is -2.23. The third-order valence-corrected chi connectivity index (χ3v) is 7.04. The summed E-state index contributed by atoms with van der Waals surface area (Å²) in [5, 5.41) is 19.4. The molecular weight excluding hydrogens is 472 g/mol. The molecule has 0 bridgehead atoms. The predicted octanol–water partition coefficient (Wildman–Crippen LogP) is 4.55. The van der Waals surface area contributed by atoms with Crippen LogP contribution in [0.3, 0.4) is 0 Å². The van der Waals surface area contributed by atoms with Crippen molar-refractivity contribution in [2.45, 2.75) is 50.5 Å². The van der Waals surface area contributed by atoms with Crippen LogP contribution >= 0.6 is 13.5 Å². The molecule has 7 nitrogen and oxygen atoms in total. The van der Waals surface area contributed by atoms with Gasteiger partial charge in [-0.15, -0.1) is 0 Å². The Hall–Kier alpha value is -2.99. The van der Waals surface area contributed by atoms with Gasteiger partial charge in [-0.2, -0.15) is 18.8 Å². The molecule has 0 radical (unpaired) electrons. The van der Waals surface area contributed by atoms with Crippen LogP contribution < -0.4 is 4.74 Å². The highest BCUT2D eigenvalue weighted by atomic mass is 32.1. The first-order chi connectivity index (χ1) is 17.2. The Morgan fingerprint density at radius 3 is 2.67 bits per heavy atom. The summed E-state index contributed by atoms with van der Waals surface area (Å²) in [5.41, 5.74) is 4.29. The van der Waals surface area contributed by atoms with Crippen LogP contribution in [0.4, 0.5) is 0 Å². The van der Waals surface area contributed by atoms with Crippen molar-refractivity contribution in [1.82, 2.24) is 15.0 Å². The molecule has 188 valence electrons. The molecule has 2 aromatic heterocycles. The number of ether oxygens (including phenoxy) is 2. The van der Waals surface area contributed by atoms with E-state index in [4.69, 9.17) is 14.5 Å². The van der Waals surface area contributed by atoms with E-state index in [1.54, 1.807) is 6.20 Å². The molecule has 0 amide bonds. The first-order valence-electron chi connectivity index (χ1n) is 12.4. The Morgan fingerprint density at radius 2 is 1.86 bits per heavy atom. The molecule has 0 spiro atoms. The Balaban J connectivity index is 0.00000304. The third kappa shape index (κ3) is 6.04. The van der Waals surface area contributed by atoms with Gasteiger partial charge < -0.3 is 14.6 Å². The van der Waals surface area contributed by atoms with Gasteiger partial charge in [-0.25, -0.2) is 9.97 Å². The minimum absolute atomic E-state index is 0. The summed E-state index contributed by atoms with van der Waals surface area (Å²) in [6.45, 7) is 1.59. The van der Waals surface area contributed by atoms with Gasteiger partial charge in [0.25, 0.3) is 0 Å². The summed E-state index contributed by atoms with van der Waals surface area (Å²) >= 11 is 0. The molecule has 2 aliphatic rings. The van der Waals surface area contributed by atoms with E-state index in [1.807, 2.05) is 36.5 Å². The van der Waals surface area contributed by atoms with Crippen molar-refractivity contribution in [3.63, 3.8) is 0 Å². The first kappa shape index (κ1) is 26.1. The van der Waals surface area contributed by atoms with Crippen LogP contribution in [0, 0.1) is 17.2 Å². The van der Waals surface area contributed by atoms with Crippen molar-refractivity contribution < 1.29 is 14.6 Å². The molecule has 1 saturated heterocycles. The fraction of sp³-hybridized carbons (Fsp3) is 0.429. The second-order valence-corrected chi connectivity index (χ2v) is 9.36. The van der Waals surface area contributed by atoms with Crippen LogP contribution in [0.25, 0.3) is 11.3 Å². The van der Waals surface area contributed by atoms with Gasteiger partial charge in [-0.1, -0.05) is 6.42 Å². The highest BCUT2D eigenvalue weighted by Gasteiger charge is 2.29. The molecule has 1 aliphatic heterocycles. The minimum atomic E-state index is 0. The van der Waals surface area contributed by atoms with E-state index in [1.165, 1.54) is 0 Å². The largest absolute Gasteiger partial charge is 0.489 e. The van der Waals surface area contributed by atoms with Gasteiger partial charge in [0.2, 0.25) is 0 Å². The fourth-order valence-electron chi connectivity index (χ4n) is 5.13. The average Bonchev–Trinajstić information content (AvgIpc) is 3.39.